The SMILES string of the molecule is O=CNC(CC(=O)O)(C(=O)O)C(=O)c1ccc(OCc2ccccc2)cc1. The average molecular weight is 371 g/mol. The molecule has 8 heteroatoms. The van der Waals surface area contributed by atoms with E-state index in [1.54, 1.807) is 0 Å². The van der Waals surface area contributed by atoms with Crippen molar-refractivity contribution in [3.8, 4) is 5.75 Å². The van der Waals surface area contributed by atoms with Crippen molar-refractivity contribution in [1.29, 1.82) is 0 Å². The highest BCUT2D eigenvalue weighted by Gasteiger charge is 2.48. The summed E-state index contributed by atoms with van der Waals surface area (Å²) in [4.78, 5) is 46.0. The molecule has 0 aromatic heterocycles. The molecule has 8 nitrogen and oxygen atoms in total. The summed E-state index contributed by atoms with van der Waals surface area (Å²) in [5.74, 6) is -3.90. The van der Waals surface area contributed by atoms with Gasteiger partial charge in [0.15, 0.2) is 5.78 Å². The Kier molecular flexibility index (Phi) is 6.27. The molecule has 0 saturated heterocycles. The first-order chi connectivity index (χ1) is 12.9. The van der Waals surface area contributed by atoms with E-state index in [1.807, 2.05) is 35.6 Å². The predicted octanol–water partition coefficient (Wildman–Crippen LogP) is 1.49. The number of carbonyl (C=O) groups is 4. The third kappa shape index (κ3) is 4.69. The zero-order valence-corrected chi connectivity index (χ0v) is 14.1. The van der Waals surface area contributed by atoms with Crippen LogP contribution in [0.2, 0.25) is 0 Å². The number of benzene rings is 2. The molecule has 0 aliphatic heterocycles. The molecule has 0 saturated carbocycles. The zero-order chi connectivity index (χ0) is 19.9. The Morgan fingerprint density at radius 3 is 2.15 bits per heavy atom. The summed E-state index contributed by atoms with van der Waals surface area (Å²) in [6.07, 6.45) is -1.10. The van der Waals surface area contributed by atoms with E-state index >= 15 is 0 Å². The fourth-order valence-corrected chi connectivity index (χ4v) is 2.45. The summed E-state index contributed by atoms with van der Waals surface area (Å²) in [5, 5.41) is 20.2. The number of ketones is 1. The van der Waals surface area contributed by atoms with Crippen LogP contribution in [0.4, 0.5) is 0 Å². The van der Waals surface area contributed by atoms with Crippen molar-refractivity contribution < 1.29 is 34.1 Å². The van der Waals surface area contributed by atoms with Crippen LogP contribution in [0, 0.1) is 0 Å². The molecule has 0 aliphatic rings. The minimum Gasteiger partial charge on any atom is -0.489 e. The van der Waals surface area contributed by atoms with Gasteiger partial charge < -0.3 is 20.3 Å². The van der Waals surface area contributed by atoms with Gasteiger partial charge in [-0.15, -0.1) is 0 Å². The maximum absolute atomic E-state index is 12.6. The highest BCUT2D eigenvalue weighted by Crippen LogP contribution is 2.21. The average Bonchev–Trinajstić information content (AvgIpc) is 2.66. The zero-order valence-electron chi connectivity index (χ0n) is 14.1. The van der Waals surface area contributed by atoms with Gasteiger partial charge in [0.1, 0.15) is 12.4 Å². The number of hydrogen-bond donors (Lipinski definition) is 3. The van der Waals surface area contributed by atoms with Crippen LogP contribution in [0.5, 0.6) is 5.75 Å². The quantitative estimate of drug-likeness (QED) is 0.328. The van der Waals surface area contributed by atoms with Gasteiger partial charge in [0.05, 0.1) is 6.42 Å². The van der Waals surface area contributed by atoms with Crippen molar-refractivity contribution in [2.45, 2.75) is 18.6 Å². The fourth-order valence-electron chi connectivity index (χ4n) is 2.45. The van der Waals surface area contributed by atoms with Gasteiger partial charge in [0.25, 0.3) is 0 Å². The number of aliphatic carboxylic acids is 2. The topological polar surface area (TPSA) is 130 Å². The Balaban J connectivity index is 2.19. The monoisotopic (exact) mass is 371 g/mol. The molecule has 0 bridgehead atoms. The van der Waals surface area contributed by atoms with E-state index in [0.717, 1.165) is 5.56 Å². The molecular weight excluding hydrogens is 354 g/mol. The molecule has 2 rings (SSSR count). The lowest BCUT2D eigenvalue weighted by Crippen LogP contribution is -2.59. The van der Waals surface area contributed by atoms with Gasteiger partial charge >= 0.3 is 11.9 Å². The minimum absolute atomic E-state index is 0.00764. The molecule has 1 unspecified atom stereocenters. The van der Waals surface area contributed by atoms with E-state index in [9.17, 15) is 24.3 Å². The van der Waals surface area contributed by atoms with E-state index in [-0.39, 0.29) is 12.0 Å². The second kappa shape index (κ2) is 8.61. The molecule has 0 heterocycles. The van der Waals surface area contributed by atoms with Gasteiger partial charge in [-0.2, -0.15) is 0 Å². The number of ether oxygens (including phenoxy) is 1. The van der Waals surface area contributed by atoms with Crippen LogP contribution >= 0.6 is 0 Å². The number of carboxylic acid groups (broad SMARTS) is 2. The number of hydrogen-bond acceptors (Lipinski definition) is 5. The highest BCUT2D eigenvalue weighted by atomic mass is 16.5. The molecule has 140 valence electrons. The Bertz CT molecular complexity index is 833. The van der Waals surface area contributed by atoms with Crippen LogP contribution in [0.3, 0.4) is 0 Å². The lowest BCUT2D eigenvalue weighted by molar-refractivity contribution is -0.149. The maximum Gasteiger partial charge on any atom is 0.338 e. The Morgan fingerprint density at radius 2 is 1.63 bits per heavy atom. The maximum atomic E-state index is 12.6. The summed E-state index contributed by atoms with van der Waals surface area (Å²) < 4.78 is 5.58. The van der Waals surface area contributed by atoms with Gasteiger partial charge in [-0.05, 0) is 29.8 Å². The third-order valence-corrected chi connectivity index (χ3v) is 3.84. The largest absolute Gasteiger partial charge is 0.489 e. The van der Waals surface area contributed by atoms with Crippen LogP contribution in [0.1, 0.15) is 22.3 Å². The first-order valence-corrected chi connectivity index (χ1v) is 7.87. The van der Waals surface area contributed by atoms with Gasteiger partial charge in [-0.25, -0.2) is 4.79 Å². The van der Waals surface area contributed by atoms with Crippen molar-refractivity contribution in [3.05, 3.63) is 65.7 Å². The van der Waals surface area contributed by atoms with Crippen molar-refractivity contribution in [3.63, 3.8) is 0 Å². The standard InChI is InChI=1S/C19H17NO7/c21-12-20-19(18(25)26,10-16(22)23)17(24)14-6-8-15(9-7-14)27-11-13-4-2-1-3-5-13/h1-9,12H,10-11H2,(H,20,21)(H,22,23)(H,25,26). The molecule has 0 spiro atoms. The van der Waals surface area contributed by atoms with Crippen molar-refractivity contribution in [2.75, 3.05) is 0 Å². The molecule has 2 aromatic rings. The van der Waals surface area contributed by atoms with Gasteiger partial charge in [0, 0.05) is 5.56 Å². The van der Waals surface area contributed by atoms with Gasteiger partial charge in [-0.3, -0.25) is 14.4 Å². The molecule has 2 aromatic carbocycles. The third-order valence-electron chi connectivity index (χ3n) is 3.84. The van der Waals surface area contributed by atoms with Crippen LogP contribution in [-0.4, -0.2) is 39.9 Å². The number of carboxylic acids is 2. The first kappa shape index (κ1) is 19.6. The van der Waals surface area contributed by atoms with Gasteiger partial charge in [0.2, 0.25) is 11.9 Å². The molecule has 0 fully saturated rings. The second-order valence-electron chi connectivity index (χ2n) is 5.67. The smallest absolute Gasteiger partial charge is 0.338 e. The lowest BCUT2D eigenvalue weighted by Gasteiger charge is -2.25. The van der Waals surface area contributed by atoms with E-state index in [1.165, 1.54) is 24.3 Å². The Labute approximate surface area is 154 Å². The van der Waals surface area contributed by atoms with E-state index in [2.05, 4.69) is 0 Å². The molecular formula is C19H17NO7. The van der Waals surface area contributed by atoms with E-state index in [0.29, 0.717) is 12.4 Å². The number of nitrogens with one attached hydrogen (secondary N) is 1. The summed E-state index contributed by atoms with van der Waals surface area (Å²) in [7, 11) is 0. The molecule has 0 radical (unpaired) electrons. The normalized spacial score (nSPS) is 12.4. The predicted molar refractivity (Wildman–Crippen MR) is 93.4 cm³/mol. The minimum atomic E-state index is -2.58. The molecule has 3 N–H and O–H groups in total. The molecule has 1 amide bonds. The number of rotatable bonds is 10. The van der Waals surface area contributed by atoms with Crippen LogP contribution in [0.15, 0.2) is 54.6 Å². The summed E-state index contributed by atoms with van der Waals surface area (Å²) in [6.45, 7) is 0.304. The number of carbonyl (C=O) groups excluding carboxylic acids is 2. The van der Waals surface area contributed by atoms with E-state index in [4.69, 9.17) is 9.84 Å². The first-order valence-electron chi connectivity index (χ1n) is 7.87. The summed E-state index contributed by atoms with van der Waals surface area (Å²) in [6, 6.07) is 14.9. The Morgan fingerprint density at radius 1 is 1.00 bits per heavy atom. The van der Waals surface area contributed by atoms with Crippen molar-refractivity contribution in [1.82, 2.24) is 5.32 Å². The second-order valence-corrected chi connectivity index (χ2v) is 5.67. The Hall–Kier alpha value is -3.68. The summed E-state index contributed by atoms with van der Waals surface area (Å²) >= 11 is 0. The van der Waals surface area contributed by atoms with Crippen LogP contribution in [0.25, 0.3) is 0 Å². The van der Waals surface area contributed by atoms with Crippen molar-refractivity contribution in [2.24, 2.45) is 0 Å². The molecule has 27 heavy (non-hydrogen) atoms. The fraction of sp³-hybridized carbons (Fsp3) is 0.158. The molecule has 0 aliphatic carbocycles. The number of amides is 1. The molecule has 1 atom stereocenters. The van der Waals surface area contributed by atoms with Gasteiger partial charge in [-0.1, -0.05) is 30.3 Å². The summed E-state index contributed by atoms with van der Waals surface area (Å²) in [5.41, 5.74) is -1.71. The highest BCUT2D eigenvalue weighted by molar-refractivity contribution is 6.18. The van der Waals surface area contributed by atoms with Crippen LogP contribution in [-0.2, 0) is 21.0 Å². The van der Waals surface area contributed by atoms with Crippen molar-refractivity contribution >= 4 is 24.1 Å². The van der Waals surface area contributed by atoms with Crippen LogP contribution < -0.4 is 10.1 Å². The van der Waals surface area contributed by atoms with E-state index < -0.39 is 29.7 Å². The lowest BCUT2D eigenvalue weighted by atomic mass is 9.86. The number of Topliss-reactive ketones (excluding diaryl/α,β-unsaturated/α-hetero) is 1.